The minimum absolute atomic E-state index is 0.0743. The second-order valence-corrected chi connectivity index (χ2v) is 5.61. The van der Waals surface area contributed by atoms with Crippen molar-refractivity contribution in [3.63, 3.8) is 0 Å². The highest BCUT2D eigenvalue weighted by atomic mass is 15.1. The zero-order chi connectivity index (χ0) is 15.1. The van der Waals surface area contributed by atoms with Crippen molar-refractivity contribution in [2.45, 2.75) is 26.3 Å². The average Bonchev–Trinajstić information content (AvgIpc) is 2.49. The number of likely N-dealkylation sites (tertiary alicyclic amines) is 1. The van der Waals surface area contributed by atoms with Gasteiger partial charge in [-0.05, 0) is 43.0 Å². The van der Waals surface area contributed by atoms with Crippen molar-refractivity contribution in [3.05, 3.63) is 41.6 Å². The van der Waals surface area contributed by atoms with E-state index >= 15 is 0 Å². The topological polar surface area (TPSA) is 62.9 Å². The Bertz CT molecular complexity index is 576. The maximum Gasteiger partial charge on any atom is 0.145 e. The van der Waals surface area contributed by atoms with Gasteiger partial charge in [-0.3, -0.25) is 4.90 Å². The number of hydrogen-bond acceptors (Lipinski definition) is 4. The summed E-state index contributed by atoms with van der Waals surface area (Å²) in [4.78, 5) is 2.49. The quantitative estimate of drug-likeness (QED) is 0.860. The second-order valence-electron chi connectivity index (χ2n) is 5.61. The molecule has 21 heavy (non-hydrogen) atoms. The molecule has 1 fully saturated rings. The van der Waals surface area contributed by atoms with E-state index in [1.807, 2.05) is 24.3 Å². The number of allylic oxidation sites excluding steroid dienone is 1. The fourth-order valence-electron chi connectivity index (χ4n) is 2.69. The van der Waals surface area contributed by atoms with Gasteiger partial charge in [0, 0.05) is 25.0 Å². The van der Waals surface area contributed by atoms with E-state index in [4.69, 9.17) is 10.5 Å². The van der Waals surface area contributed by atoms with Crippen LogP contribution in [0.5, 0.6) is 0 Å². The zero-order valence-electron chi connectivity index (χ0n) is 12.3. The number of hydrogen-bond donors (Lipinski definition) is 1. The molecule has 0 aliphatic carbocycles. The molecule has 1 saturated heterocycles. The van der Waals surface area contributed by atoms with Gasteiger partial charge in [0.25, 0.3) is 0 Å². The van der Waals surface area contributed by atoms with Crippen molar-refractivity contribution in [1.29, 1.82) is 10.5 Å². The molecular weight excluding hydrogens is 260 g/mol. The Morgan fingerprint density at radius 1 is 1.43 bits per heavy atom. The SMILES string of the molecule is CC1CCCN(Cc2cccc(NC=C(C#N)C#N)c2)C1. The molecule has 4 heteroatoms. The summed E-state index contributed by atoms with van der Waals surface area (Å²) < 4.78 is 0. The van der Waals surface area contributed by atoms with Crippen LogP contribution in [-0.2, 0) is 6.54 Å². The Morgan fingerprint density at radius 2 is 2.24 bits per heavy atom. The average molecular weight is 280 g/mol. The van der Waals surface area contributed by atoms with Gasteiger partial charge in [0.2, 0.25) is 0 Å². The van der Waals surface area contributed by atoms with E-state index < -0.39 is 0 Å². The molecule has 0 aromatic heterocycles. The minimum atomic E-state index is 0.0743. The van der Waals surface area contributed by atoms with Crippen LogP contribution in [0.3, 0.4) is 0 Å². The third-order valence-electron chi connectivity index (χ3n) is 3.70. The van der Waals surface area contributed by atoms with Crippen molar-refractivity contribution in [2.75, 3.05) is 18.4 Å². The molecule has 1 aromatic carbocycles. The van der Waals surface area contributed by atoms with E-state index in [1.165, 1.54) is 24.6 Å². The highest BCUT2D eigenvalue weighted by molar-refractivity contribution is 5.50. The summed E-state index contributed by atoms with van der Waals surface area (Å²) >= 11 is 0. The molecule has 1 aromatic rings. The van der Waals surface area contributed by atoms with E-state index in [9.17, 15) is 0 Å². The highest BCUT2D eigenvalue weighted by Gasteiger charge is 2.16. The first-order valence-electron chi connectivity index (χ1n) is 7.29. The van der Waals surface area contributed by atoms with Crippen molar-refractivity contribution >= 4 is 5.69 Å². The van der Waals surface area contributed by atoms with E-state index in [0.29, 0.717) is 0 Å². The molecule has 2 rings (SSSR count). The first-order chi connectivity index (χ1) is 10.2. The summed E-state index contributed by atoms with van der Waals surface area (Å²) in [6.45, 7) is 5.58. The minimum Gasteiger partial charge on any atom is -0.360 e. The lowest BCUT2D eigenvalue weighted by Crippen LogP contribution is -2.33. The van der Waals surface area contributed by atoms with Crippen LogP contribution in [0.4, 0.5) is 5.69 Å². The van der Waals surface area contributed by atoms with Crippen LogP contribution in [0.1, 0.15) is 25.3 Å². The molecule has 1 unspecified atom stereocenters. The van der Waals surface area contributed by atoms with Gasteiger partial charge in [0.05, 0.1) is 0 Å². The molecule has 0 saturated carbocycles. The van der Waals surface area contributed by atoms with Crippen molar-refractivity contribution < 1.29 is 0 Å². The molecule has 1 aliphatic rings. The fourth-order valence-corrected chi connectivity index (χ4v) is 2.69. The number of nitrogens with one attached hydrogen (secondary N) is 1. The second kappa shape index (κ2) is 7.47. The lowest BCUT2D eigenvalue weighted by molar-refractivity contribution is 0.176. The zero-order valence-corrected chi connectivity index (χ0v) is 12.3. The van der Waals surface area contributed by atoms with E-state index in [0.717, 1.165) is 31.2 Å². The van der Waals surface area contributed by atoms with Crippen LogP contribution in [0.2, 0.25) is 0 Å². The van der Waals surface area contributed by atoms with Gasteiger partial charge in [-0.15, -0.1) is 0 Å². The molecule has 108 valence electrons. The van der Waals surface area contributed by atoms with Crippen molar-refractivity contribution in [1.82, 2.24) is 4.90 Å². The highest BCUT2D eigenvalue weighted by Crippen LogP contribution is 2.19. The van der Waals surface area contributed by atoms with Gasteiger partial charge in [0.1, 0.15) is 17.7 Å². The number of nitrogens with zero attached hydrogens (tertiary/aromatic N) is 3. The number of rotatable bonds is 4. The van der Waals surface area contributed by atoms with Crippen molar-refractivity contribution in [2.24, 2.45) is 5.92 Å². The summed E-state index contributed by atoms with van der Waals surface area (Å²) in [7, 11) is 0. The maximum atomic E-state index is 8.71. The van der Waals surface area contributed by atoms with Gasteiger partial charge >= 0.3 is 0 Å². The van der Waals surface area contributed by atoms with Gasteiger partial charge in [-0.1, -0.05) is 19.1 Å². The Labute approximate surface area is 126 Å². The smallest absolute Gasteiger partial charge is 0.145 e. The summed E-state index contributed by atoms with van der Waals surface area (Å²) in [5.41, 5.74) is 2.23. The summed E-state index contributed by atoms with van der Waals surface area (Å²) in [6, 6.07) is 11.8. The molecule has 0 amide bonds. The molecule has 1 aliphatic heterocycles. The lowest BCUT2D eigenvalue weighted by atomic mass is 10.00. The summed E-state index contributed by atoms with van der Waals surface area (Å²) in [5, 5.41) is 20.4. The van der Waals surface area contributed by atoms with E-state index in [1.54, 1.807) is 0 Å². The van der Waals surface area contributed by atoms with Crippen LogP contribution in [-0.4, -0.2) is 18.0 Å². The summed E-state index contributed by atoms with van der Waals surface area (Å²) in [6.07, 6.45) is 4.05. The molecule has 1 heterocycles. The predicted molar refractivity (Wildman–Crippen MR) is 83.0 cm³/mol. The number of piperidine rings is 1. The molecule has 0 spiro atoms. The third kappa shape index (κ3) is 4.63. The van der Waals surface area contributed by atoms with Gasteiger partial charge in [0.15, 0.2) is 0 Å². The first-order valence-corrected chi connectivity index (χ1v) is 7.29. The maximum absolute atomic E-state index is 8.71. The molecule has 1 N–H and O–H groups in total. The third-order valence-corrected chi connectivity index (χ3v) is 3.70. The molecule has 0 bridgehead atoms. The molecule has 0 radical (unpaired) electrons. The molecule has 1 atom stereocenters. The molecular formula is C17H20N4. The van der Waals surface area contributed by atoms with Crippen LogP contribution >= 0.6 is 0 Å². The van der Waals surface area contributed by atoms with Crippen LogP contribution < -0.4 is 5.32 Å². The van der Waals surface area contributed by atoms with Gasteiger partial charge in [-0.25, -0.2) is 0 Å². The number of nitriles is 2. The van der Waals surface area contributed by atoms with E-state index in [2.05, 4.69) is 29.3 Å². The monoisotopic (exact) mass is 280 g/mol. The Balaban J connectivity index is 1.99. The first kappa shape index (κ1) is 15.1. The van der Waals surface area contributed by atoms with Crippen molar-refractivity contribution in [3.8, 4) is 12.1 Å². The lowest BCUT2D eigenvalue weighted by Gasteiger charge is -2.30. The van der Waals surface area contributed by atoms with Gasteiger partial charge < -0.3 is 5.32 Å². The van der Waals surface area contributed by atoms with Crippen LogP contribution in [0.15, 0.2) is 36.0 Å². The van der Waals surface area contributed by atoms with Crippen LogP contribution in [0, 0.1) is 28.6 Å². The Hall–Kier alpha value is -2.30. The summed E-state index contributed by atoms with van der Waals surface area (Å²) in [5.74, 6) is 0.775. The predicted octanol–water partition coefficient (Wildman–Crippen LogP) is 3.26. The fraction of sp³-hybridized carbons (Fsp3) is 0.412. The normalized spacial score (nSPS) is 18.3. The van der Waals surface area contributed by atoms with Gasteiger partial charge in [-0.2, -0.15) is 10.5 Å². The number of benzene rings is 1. The van der Waals surface area contributed by atoms with E-state index in [-0.39, 0.29) is 5.57 Å². The van der Waals surface area contributed by atoms with Crippen LogP contribution in [0.25, 0.3) is 0 Å². The number of anilines is 1. The standard InChI is InChI=1S/C17H20N4/c1-14-4-3-7-21(12-14)13-15-5-2-6-17(8-15)20-11-16(9-18)10-19/h2,5-6,8,11,14,20H,3-4,7,12-13H2,1H3. The Morgan fingerprint density at radius 3 is 2.95 bits per heavy atom. The molecule has 4 nitrogen and oxygen atoms in total. The largest absolute Gasteiger partial charge is 0.360 e. The Kier molecular flexibility index (Phi) is 5.37.